The molecular weight excluding hydrogens is 957 g/mol. The summed E-state index contributed by atoms with van der Waals surface area (Å²) in [6.07, 6.45) is 3.19. The van der Waals surface area contributed by atoms with Crippen LogP contribution in [0, 0.1) is 23.7 Å². The molecule has 0 radical (unpaired) electrons. The van der Waals surface area contributed by atoms with Gasteiger partial charge in [0.25, 0.3) is 0 Å². The normalized spacial score (nSPS) is 24.4. The van der Waals surface area contributed by atoms with Gasteiger partial charge in [-0.2, -0.15) is 0 Å². The highest BCUT2D eigenvalue weighted by molar-refractivity contribution is 7.94. The zero-order valence-electron chi connectivity index (χ0n) is 42.3. The van der Waals surface area contributed by atoms with Gasteiger partial charge in [0.15, 0.2) is 43.4 Å². The van der Waals surface area contributed by atoms with E-state index in [9.17, 15) is 26.4 Å². The van der Waals surface area contributed by atoms with E-state index in [1.54, 1.807) is 116 Å². The van der Waals surface area contributed by atoms with E-state index in [0.717, 1.165) is 0 Å². The summed E-state index contributed by atoms with van der Waals surface area (Å²) in [5.74, 6) is 13.3. The standard InChI is InChI=1S/2C27H31N3O5S/c2*1-6-7-17(2)35-19-9-10-21(29-16-19)22(31)15-18-8-11-23-20(14-18)27(5)24(12-13-34-23)36(32,33)26(3,4)25(28)30-27/h2*8-11,14,16-17,24H,12-13,15H2,1-5H3,(H2,28,30)/t17-,24+,27+;17-,24-,27-/m01/s1. The van der Waals surface area contributed by atoms with Crippen molar-refractivity contribution in [2.24, 2.45) is 21.5 Å². The Hall–Kier alpha value is -6.76. The van der Waals surface area contributed by atoms with E-state index in [1.807, 2.05) is 13.8 Å². The van der Waals surface area contributed by atoms with Crippen molar-refractivity contribution in [2.75, 3.05) is 13.2 Å². The Morgan fingerprint density at radius 2 is 1.01 bits per heavy atom. The number of hydrogen-bond donors (Lipinski definition) is 2. The van der Waals surface area contributed by atoms with Crippen molar-refractivity contribution in [3.63, 3.8) is 0 Å². The molecule has 380 valence electrons. The van der Waals surface area contributed by atoms with Crippen LogP contribution in [0.5, 0.6) is 23.0 Å². The zero-order chi connectivity index (χ0) is 52.6. The van der Waals surface area contributed by atoms with Crippen molar-refractivity contribution < 1.29 is 45.4 Å². The summed E-state index contributed by atoms with van der Waals surface area (Å²) >= 11 is 0. The Kier molecular flexibility index (Phi) is 14.8. The molecule has 8 rings (SSSR count). The predicted molar refractivity (Wildman–Crippen MR) is 276 cm³/mol. The predicted octanol–water partition coefficient (Wildman–Crippen LogP) is 6.46. The first-order chi connectivity index (χ1) is 33.8. The molecule has 0 aliphatic carbocycles. The van der Waals surface area contributed by atoms with E-state index in [1.165, 1.54) is 12.4 Å². The minimum absolute atomic E-state index is 0.0707. The number of fused-ring (bicyclic) bond motifs is 6. The molecule has 2 aromatic heterocycles. The lowest BCUT2D eigenvalue weighted by molar-refractivity contribution is 0.0980. The third kappa shape index (κ3) is 9.91. The lowest BCUT2D eigenvalue weighted by Gasteiger charge is -2.43. The molecule has 2 aromatic carbocycles. The van der Waals surface area contributed by atoms with Gasteiger partial charge in [-0.05, 0) is 129 Å². The number of carbonyl (C=O) groups is 2. The molecule has 0 amide bonds. The van der Waals surface area contributed by atoms with E-state index in [0.29, 0.717) is 69.5 Å². The van der Waals surface area contributed by atoms with Gasteiger partial charge in [-0.15, -0.1) is 11.8 Å². The van der Waals surface area contributed by atoms with Crippen LogP contribution in [-0.4, -0.2) is 95.5 Å². The molecule has 72 heavy (non-hydrogen) atoms. The molecule has 0 unspecified atom stereocenters. The van der Waals surface area contributed by atoms with Crippen LogP contribution >= 0.6 is 0 Å². The summed E-state index contributed by atoms with van der Waals surface area (Å²) in [7, 11) is -7.33. The molecular formula is C54H62N6O10S2. The Bertz CT molecular complexity index is 2990. The summed E-state index contributed by atoms with van der Waals surface area (Å²) in [6, 6.07) is 17.4. The fraction of sp³-hybridized carbons (Fsp3) is 0.444. The van der Waals surface area contributed by atoms with Crippen LogP contribution in [-0.2, 0) is 43.6 Å². The maximum atomic E-state index is 13.5. The number of carbonyl (C=O) groups excluding carboxylic acids is 2. The number of ether oxygens (including phenoxy) is 4. The highest BCUT2D eigenvalue weighted by Crippen LogP contribution is 2.50. The number of hydrogen-bond acceptors (Lipinski definition) is 16. The first-order valence-corrected chi connectivity index (χ1v) is 26.8. The number of sulfone groups is 2. The Labute approximate surface area is 422 Å². The molecule has 0 bridgehead atoms. The van der Waals surface area contributed by atoms with Crippen molar-refractivity contribution in [2.45, 2.75) is 138 Å². The van der Waals surface area contributed by atoms with Gasteiger partial charge in [-0.25, -0.2) is 26.8 Å². The molecule has 6 atom stereocenters. The van der Waals surface area contributed by atoms with Crippen LogP contribution in [0.15, 0.2) is 83.0 Å². The van der Waals surface area contributed by atoms with Crippen molar-refractivity contribution in [3.05, 3.63) is 107 Å². The van der Waals surface area contributed by atoms with Crippen LogP contribution in [0.1, 0.15) is 125 Å². The largest absolute Gasteiger partial charge is 0.493 e. The maximum absolute atomic E-state index is 13.5. The van der Waals surface area contributed by atoms with E-state index in [2.05, 4.69) is 33.6 Å². The van der Waals surface area contributed by atoms with Crippen molar-refractivity contribution in [3.8, 4) is 46.7 Å². The number of benzene rings is 2. The van der Waals surface area contributed by atoms with E-state index in [-0.39, 0.29) is 61.5 Å². The van der Waals surface area contributed by atoms with E-state index < -0.39 is 50.7 Å². The Balaban J connectivity index is 0.000000211. The minimum atomic E-state index is -3.66. The summed E-state index contributed by atoms with van der Waals surface area (Å²) in [4.78, 5) is 43.9. The van der Waals surface area contributed by atoms with Crippen molar-refractivity contribution >= 4 is 42.9 Å². The average Bonchev–Trinajstić information content (AvgIpc) is 3.56. The number of nitrogens with zero attached hydrogens (tertiary/aromatic N) is 4. The first kappa shape index (κ1) is 53.0. The number of nitrogens with two attached hydrogens (primary N) is 2. The molecule has 0 saturated heterocycles. The fourth-order valence-corrected chi connectivity index (χ4v) is 14.0. The molecule has 18 heteroatoms. The van der Waals surface area contributed by atoms with Crippen LogP contribution in [0.2, 0.25) is 0 Å². The third-order valence-corrected chi connectivity index (χ3v) is 20.1. The Morgan fingerprint density at radius 3 is 1.35 bits per heavy atom. The molecule has 4 aliphatic rings. The number of aromatic nitrogens is 2. The SMILES string of the molecule is CC#C[C@@H](C)Oc1ccc(C(=O)Cc2ccc3c(c2)[C@@]2(C)N=C(N)C(C)(C)S(=O)(=O)[C@@H]2CCO3)nc1.CC#C[C@H](C)Oc1ccc(C(=O)Cc2ccc3c(c2)[C@@]2(C)N=C(N)C(C)(C)S(=O)(=O)[C@@H]2CCO3)nc1. The zero-order valence-corrected chi connectivity index (χ0v) is 44.0. The summed E-state index contributed by atoms with van der Waals surface area (Å²) < 4.78 is 74.7. The van der Waals surface area contributed by atoms with Crippen LogP contribution in [0.25, 0.3) is 0 Å². The topological polar surface area (TPSA) is 242 Å². The average molecular weight is 1020 g/mol. The highest BCUT2D eigenvalue weighted by Gasteiger charge is 2.59. The molecule has 4 N–H and O–H groups in total. The number of aliphatic imine (C=N–C) groups is 2. The second kappa shape index (κ2) is 20.0. The number of rotatable bonds is 10. The van der Waals surface area contributed by atoms with Crippen molar-refractivity contribution in [1.29, 1.82) is 0 Å². The molecule has 4 aliphatic heterocycles. The molecule has 0 spiro atoms. The fourth-order valence-electron chi connectivity index (χ4n) is 9.48. The summed E-state index contributed by atoms with van der Waals surface area (Å²) in [5, 5.41) is -1.60. The highest BCUT2D eigenvalue weighted by atomic mass is 32.2. The first-order valence-electron chi connectivity index (χ1n) is 23.7. The lowest BCUT2D eigenvalue weighted by atomic mass is 9.85. The van der Waals surface area contributed by atoms with Crippen LogP contribution in [0.4, 0.5) is 0 Å². The minimum Gasteiger partial charge on any atom is -0.493 e. The number of pyridine rings is 2. The molecule has 4 aromatic rings. The van der Waals surface area contributed by atoms with E-state index in [4.69, 9.17) is 40.4 Å². The Morgan fingerprint density at radius 1 is 0.639 bits per heavy atom. The van der Waals surface area contributed by atoms with Gasteiger partial charge in [0.1, 0.15) is 66.6 Å². The number of ketones is 2. The smallest absolute Gasteiger partial charge is 0.185 e. The number of amidine groups is 2. The lowest BCUT2D eigenvalue weighted by Crippen LogP contribution is -2.59. The number of Topliss-reactive ketones (excluding diaryl/α,β-unsaturated/α-hetero) is 2. The maximum Gasteiger partial charge on any atom is 0.185 e. The van der Waals surface area contributed by atoms with Gasteiger partial charge in [0.2, 0.25) is 0 Å². The molecule has 16 nitrogen and oxygen atoms in total. The van der Waals surface area contributed by atoms with E-state index >= 15 is 0 Å². The van der Waals surface area contributed by atoms with Gasteiger partial charge >= 0.3 is 0 Å². The summed E-state index contributed by atoms with van der Waals surface area (Å²) in [5.41, 5.74) is 13.4. The van der Waals surface area contributed by atoms with Gasteiger partial charge in [0, 0.05) is 36.8 Å². The van der Waals surface area contributed by atoms with Gasteiger partial charge in [-0.3, -0.25) is 19.6 Å². The second-order valence-corrected chi connectivity index (χ2v) is 24.9. The van der Waals surface area contributed by atoms with Crippen molar-refractivity contribution in [1.82, 2.24) is 9.97 Å². The molecule has 0 fully saturated rings. The van der Waals surface area contributed by atoms with Gasteiger partial charge in [-0.1, -0.05) is 24.0 Å². The van der Waals surface area contributed by atoms with Crippen LogP contribution < -0.4 is 30.4 Å². The quantitative estimate of drug-likeness (QED) is 0.128. The summed E-state index contributed by atoms with van der Waals surface area (Å²) in [6.45, 7) is 17.5. The van der Waals surface area contributed by atoms with Crippen LogP contribution in [0.3, 0.4) is 0 Å². The molecule has 0 saturated carbocycles. The van der Waals surface area contributed by atoms with Gasteiger partial charge < -0.3 is 30.4 Å². The second-order valence-electron chi connectivity index (χ2n) is 19.6. The van der Waals surface area contributed by atoms with Gasteiger partial charge in [0.05, 0.1) is 36.1 Å². The third-order valence-electron chi connectivity index (χ3n) is 13.9. The monoisotopic (exact) mass is 1020 g/mol. The molecule has 6 heterocycles.